The summed E-state index contributed by atoms with van der Waals surface area (Å²) in [4.78, 5) is 24.1. The van der Waals surface area contributed by atoms with E-state index < -0.39 is 5.97 Å². The Morgan fingerprint density at radius 3 is 2.61 bits per heavy atom. The summed E-state index contributed by atoms with van der Waals surface area (Å²) in [6.45, 7) is 5.17. The second kappa shape index (κ2) is 11.8. The lowest BCUT2D eigenvalue weighted by Gasteiger charge is -2.12. The quantitative estimate of drug-likeness (QED) is 0.601. The number of nitrogens with one attached hydrogen (secondary N) is 1. The van der Waals surface area contributed by atoms with Gasteiger partial charge in [0.25, 0.3) is 5.91 Å². The molecule has 0 aliphatic heterocycles. The third-order valence-corrected chi connectivity index (χ3v) is 3.98. The second-order valence-electron chi connectivity index (χ2n) is 6.28. The van der Waals surface area contributed by atoms with Gasteiger partial charge in [-0.25, -0.2) is 4.79 Å². The van der Waals surface area contributed by atoms with Crippen molar-refractivity contribution in [3.05, 3.63) is 65.7 Å². The first-order chi connectivity index (χ1) is 13.6. The molecule has 1 unspecified atom stereocenters. The number of esters is 1. The summed E-state index contributed by atoms with van der Waals surface area (Å²) in [5.41, 5.74) is 1.29. The minimum absolute atomic E-state index is 0.102. The molecular weight excluding hydrogens is 358 g/mol. The zero-order valence-corrected chi connectivity index (χ0v) is 16.4. The Kier molecular flexibility index (Phi) is 9.01. The standard InChI is InChI=1S/C22H27NO5/c1-3-26-17(2)12-13-23-21(24)16-27-20-11-7-10-19(14-20)22(25)28-15-18-8-5-4-6-9-18/h4-11,14,17H,3,12-13,15-16H2,1-2H3,(H,23,24). The predicted molar refractivity (Wildman–Crippen MR) is 106 cm³/mol. The third kappa shape index (κ3) is 7.80. The van der Waals surface area contributed by atoms with E-state index >= 15 is 0 Å². The minimum atomic E-state index is -0.441. The van der Waals surface area contributed by atoms with Crippen LogP contribution in [0.5, 0.6) is 5.75 Å². The van der Waals surface area contributed by atoms with Gasteiger partial charge in [-0.05, 0) is 44.0 Å². The Balaban J connectivity index is 1.76. The van der Waals surface area contributed by atoms with E-state index in [0.717, 1.165) is 12.0 Å². The summed E-state index contributed by atoms with van der Waals surface area (Å²) >= 11 is 0. The Hall–Kier alpha value is -2.86. The number of ether oxygens (including phenoxy) is 3. The number of amides is 1. The summed E-state index contributed by atoms with van der Waals surface area (Å²) in [6, 6.07) is 16.1. The van der Waals surface area contributed by atoms with E-state index in [2.05, 4.69) is 5.32 Å². The molecule has 1 atom stereocenters. The summed E-state index contributed by atoms with van der Waals surface area (Å²) in [5, 5.41) is 2.78. The zero-order chi connectivity index (χ0) is 20.2. The highest BCUT2D eigenvalue weighted by molar-refractivity contribution is 5.89. The van der Waals surface area contributed by atoms with Crippen LogP contribution in [-0.2, 0) is 20.9 Å². The Morgan fingerprint density at radius 1 is 1.07 bits per heavy atom. The summed E-state index contributed by atoms with van der Waals surface area (Å²) < 4.78 is 16.2. The van der Waals surface area contributed by atoms with Crippen LogP contribution < -0.4 is 10.1 Å². The minimum Gasteiger partial charge on any atom is -0.484 e. The Morgan fingerprint density at radius 2 is 1.86 bits per heavy atom. The molecule has 0 heterocycles. The molecule has 0 radical (unpaired) electrons. The number of hydrogen-bond donors (Lipinski definition) is 1. The van der Waals surface area contributed by atoms with Gasteiger partial charge in [0.2, 0.25) is 0 Å². The average molecular weight is 385 g/mol. The fourth-order valence-corrected chi connectivity index (χ4v) is 2.50. The fraction of sp³-hybridized carbons (Fsp3) is 0.364. The maximum absolute atomic E-state index is 12.2. The van der Waals surface area contributed by atoms with Crippen LogP contribution in [0, 0.1) is 0 Å². The molecule has 0 saturated carbocycles. The molecule has 150 valence electrons. The van der Waals surface area contributed by atoms with Crippen LogP contribution in [-0.4, -0.2) is 37.7 Å². The molecule has 28 heavy (non-hydrogen) atoms. The molecule has 6 nitrogen and oxygen atoms in total. The van der Waals surface area contributed by atoms with Gasteiger partial charge in [0, 0.05) is 13.2 Å². The van der Waals surface area contributed by atoms with Gasteiger partial charge in [0.05, 0.1) is 11.7 Å². The van der Waals surface area contributed by atoms with Crippen molar-refractivity contribution in [3.8, 4) is 5.75 Å². The topological polar surface area (TPSA) is 73.9 Å². The van der Waals surface area contributed by atoms with Gasteiger partial charge < -0.3 is 19.5 Å². The highest BCUT2D eigenvalue weighted by Gasteiger charge is 2.10. The average Bonchev–Trinajstić information content (AvgIpc) is 2.71. The van der Waals surface area contributed by atoms with E-state index in [1.54, 1.807) is 24.3 Å². The third-order valence-electron chi connectivity index (χ3n) is 3.98. The number of rotatable bonds is 11. The first-order valence-corrected chi connectivity index (χ1v) is 9.40. The van der Waals surface area contributed by atoms with Crippen LogP contribution in [0.2, 0.25) is 0 Å². The molecule has 1 amide bonds. The molecule has 0 bridgehead atoms. The lowest BCUT2D eigenvalue weighted by atomic mass is 10.2. The van der Waals surface area contributed by atoms with Gasteiger partial charge in [0.1, 0.15) is 12.4 Å². The van der Waals surface area contributed by atoms with Gasteiger partial charge >= 0.3 is 5.97 Å². The first-order valence-electron chi connectivity index (χ1n) is 9.40. The first kappa shape index (κ1) is 21.4. The molecule has 1 N–H and O–H groups in total. The van der Waals surface area contributed by atoms with Crippen LogP contribution in [0.15, 0.2) is 54.6 Å². The highest BCUT2D eigenvalue weighted by atomic mass is 16.5. The molecule has 0 aromatic heterocycles. The largest absolute Gasteiger partial charge is 0.484 e. The maximum atomic E-state index is 12.2. The van der Waals surface area contributed by atoms with Gasteiger partial charge in [0.15, 0.2) is 6.61 Å². The van der Waals surface area contributed by atoms with Crippen molar-refractivity contribution in [3.63, 3.8) is 0 Å². The van der Waals surface area contributed by atoms with E-state index in [1.807, 2.05) is 44.2 Å². The van der Waals surface area contributed by atoms with Gasteiger partial charge in [-0.1, -0.05) is 36.4 Å². The normalized spacial score (nSPS) is 11.5. The second-order valence-corrected chi connectivity index (χ2v) is 6.28. The van der Waals surface area contributed by atoms with Crippen molar-refractivity contribution >= 4 is 11.9 Å². The van der Waals surface area contributed by atoms with Crippen LogP contribution in [0.4, 0.5) is 0 Å². The summed E-state index contributed by atoms with van der Waals surface area (Å²) in [6.07, 6.45) is 0.840. The van der Waals surface area contributed by atoms with Crippen molar-refractivity contribution in [2.45, 2.75) is 33.0 Å². The van der Waals surface area contributed by atoms with Crippen LogP contribution >= 0.6 is 0 Å². The van der Waals surface area contributed by atoms with E-state index in [4.69, 9.17) is 14.2 Å². The molecule has 0 aliphatic carbocycles. The van der Waals surface area contributed by atoms with Crippen molar-refractivity contribution in [1.82, 2.24) is 5.32 Å². The number of carbonyl (C=O) groups excluding carboxylic acids is 2. The van der Waals surface area contributed by atoms with Crippen molar-refractivity contribution in [2.24, 2.45) is 0 Å². The van der Waals surface area contributed by atoms with E-state index in [-0.39, 0.29) is 25.2 Å². The number of carbonyl (C=O) groups is 2. The molecule has 0 aliphatic rings. The van der Waals surface area contributed by atoms with Crippen LogP contribution in [0.3, 0.4) is 0 Å². The summed E-state index contributed by atoms with van der Waals surface area (Å²) in [5.74, 6) is -0.226. The summed E-state index contributed by atoms with van der Waals surface area (Å²) in [7, 11) is 0. The smallest absolute Gasteiger partial charge is 0.338 e. The molecule has 2 aromatic rings. The van der Waals surface area contributed by atoms with Gasteiger partial charge in [-0.3, -0.25) is 4.79 Å². The molecule has 0 saturated heterocycles. The fourth-order valence-electron chi connectivity index (χ4n) is 2.50. The van der Waals surface area contributed by atoms with E-state index in [9.17, 15) is 9.59 Å². The molecule has 2 aromatic carbocycles. The molecule has 0 fully saturated rings. The van der Waals surface area contributed by atoms with Crippen LogP contribution in [0.25, 0.3) is 0 Å². The number of hydrogen-bond acceptors (Lipinski definition) is 5. The van der Waals surface area contributed by atoms with Crippen molar-refractivity contribution < 1.29 is 23.8 Å². The lowest BCUT2D eigenvalue weighted by Crippen LogP contribution is -2.31. The lowest BCUT2D eigenvalue weighted by molar-refractivity contribution is -0.123. The van der Waals surface area contributed by atoms with Crippen molar-refractivity contribution in [2.75, 3.05) is 19.8 Å². The van der Waals surface area contributed by atoms with Crippen molar-refractivity contribution in [1.29, 1.82) is 0 Å². The molecular formula is C22H27NO5. The monoisotopic (exact) mass is 385 g/mol. The Labute approximate surface area is 165 Å². The van der Waals surface area contributed by atoms with E-state index in [1.165, 1.54) is 0 Å². The SMILES string of the molecule is CCOC(C)CCNC(=O)COc1cccc(C(=O)OCc2ccccc2)c1. The van der Waals surface area contributed by atoms with Gasteiger partial charge in [-0.15, -0.1) is 0 Å². The van der Waals surface area contributed by atoms with Gasteiger partial charge in [-0.2, -0.15) is 0 Å². The number of benzene rings is 2. The van der Waals surface area contributed by atoms with Crippen LogP contribution in [0.1, 0.15) is 36.2 Å². The molecule has 0 spiro atoms. The van der Waals surface area contributed by atoms with E-state index in [0.29, 0.717) is 24.5 Å². The zero-order valence-electron chi connectivity index (χ0n) is 16.4. The Bertz CT molecular complexity index is 748. The predicted octanol–water partition coefficient (Wildman–Crippen LogP) is 3.35. The maximum Gasteiger partial charge on any atom is 0.338 e. The molecule has 6 heteroatoms. The molecule has 2 rings (SSSR count). The highest BCUT2D eigenvalue weighted by Crippen LogP contribution is 2.15.